The molecule has 1 fully saturated rings. The van der Waals surface area contributed by atoms with E-state index in [2.05, 4.69) is 50.8 Å². The molecule has 5 heteroatoms. The van der Waals surface area contributed by atoms with Crippen molar-refractivity contribution in [2.75, 3.05) is 11.4 Å². The second-order valence-electron chi connectivity index (χ2n) is 7.39. The van der Waals surface area contributed by atoms with E-state index in [0.717, 1.165) is 33.6 Å². The smallest absolute Gasteiger partial charge is 0.227 e. The monoisotopic (exact) mass is 445 g/mol. The van der Waals surface area contributed by atoms with Crippen molar-refractivity contribution in [2.24, 2.45) is 0 Å². The predicted octanol–water partition coefficient (Wildman–Crippen LogP) is 5.37. The quantitative estimate of drug-likeness (QED) is 0.423. The summed E-state index contributed by atoms with van der Waals surface area (Å²) in [4.78, 5) is 19.7. The second kappa shape index (κ2) is 7.48. The Morgan fingerprint density at radius 3 is 2.48 bits per heavy atom. The Labute approximate surface area is 177 Å². The van der Waals surface area contributed by atoms with E-state index in [4.69, 9.17) is 4.98 Å². The van der Waals surface area contributed by atoms with Gasteiger partial charge in [-0.15, -0.1) is 0 Å². The first kappa shape index (κ1) is 18.1. The number of anilines is 1. The number of hydrogen-bond donors (Lipinski definition) is 0. The number of carbonyl (C=O) groups is 1. The fourth-order valence-electron chi connectivity index (χ4n) is 4.12. The lowest BCUT2D eigenvalue weighted by Crippen LogP contribution is -2.25. The van der Waals surface area contributed by atoms with Crippen LogP contribution >= 0.6 is 15.9 Å². The van der Waals surface area contributed by atoms with Crippen molar-refractivity contribution in [2.45, 2.75) is 18.9 Å². The SMILES string of the molecule is O=C1C[C@@H](c2nc3ccccc3n2Cc2ccccc2)CN1c1ccccc1Br. The fourth-order valence-corrected chi connectivity index (χ4v) is 4.62. The zero-order valence-electron chi connectivity index (χ0n) is 15.8. The number of rotatable bonds is 4. The van der Waals surface area contributed by atoms with Crippen LogP contribution in [0.5, 0.6) is 0 Å². The maximum Gasteiger partial charge on any atom is 0.227 e. The summed E-state index contributed by atoms with van der Waals surface area (Å²) in [5.74, 6) is 1.18. The lowest BCUT2D eigenvalue weighted by molar-refractivity contribution is -0.117. The summed E-state index contributed by atoms with van der Waals surface area (Å²) in [7, 11) is 0. The number of amides is 1. The van der Waals surface area contributed by atoms with Gasteiger partial charge in [0.1, 0.15) is 5.82 Å². The molecule has 1 amide bonds. The van der Waals surface area contributed by atoms with Gasteiger partial charge in [0.05, 0.1) is 16.7 Å². The van der Waals surface area contributed by atoms with Gasteiger partial charge in [-0.25, -0.2) is 4.98 Å². The standard InChI is InChI=1S/C24H20BrN3O/c25-19-10-4-6-12-21(19)27-16-18(14-23(27)29)24-26-20-11-5-7-13-22(20)28(24)15-17-8-2-1-3-9-17/h1-13,18H,14-16H2/t18-/m1/s1. The van der Waals surface area contributed by atoms with Gasteiger partial charge >= 0.3 is 0 Å². The van der Waals surface area contributed by atoms with E-state index in [0.29, 0.717) is 13.0 Å². The molecule has 0 N–H and O–H groups in total. The van der Waals surface area contributed by atoms with Gasteiger partial charge in [0.15, 0.2) is 0 Å². The average molecular weight is 446 g/mol. The van der Waals surface area contributed by atoms with E-state index in [1.54, 1.807) is 0 Å². The van der Waals surface area contributed by atoms with Crippen molar-refractivity contribution in [3.8, 4) is 0 Å². The summed E-state index contributed by atoms with van der Waals surface area (Å²) in [5.41, 5.74) is 4.23. The van der Waals surface area contributed by atoms with Crippen molar-refractivity contribution in [3.63, 3.8) is 0 Å². The van der Waals surface area contributed by atoms with E-state index in [1.807, 2.05) is 53.4 Å². The Balaban J connectivity index is 1.54. The molecule has 0 unspecified atom stereocenters. The molecular formula is C24H20BrN3O. The zero-order chi connectivity index (χ0) is 19.8. The van der Waals surface area contributed by atoms with Crippen molar-refractivity contribution in [3.05, 3.63) is 94.7 Å². The van der Waals surface area contributed by atoms with Crippen molar-refractivity contribution in [1.29, 1.82) is 0 Å². The zero-order valence-corrected chi connectivity index (χ0v) is 17.4. The van der Waals surface area contributed by atoms with E-state index < -0.39 is 0 Å². The van der Waals surface area contributed by atoms with Crippen LogP contribution in [0.15, 0.2) is 83.3 Å². The van der Waals surface area contributed by atoms with E-state index in [-0.39, 0.29) is 11.8 Å². The number of aromatic nitrogens is 2. The number of para-hydroxylation sites is 3. The normalized spacial score (nSPS) is 16.7. The molecule has 3 aromatic carbocycles. The summed E-state index contributed by atoms with van der Waals surface area (Å²) < 4.78 is 3.21. The highest BCUT2D eigenvalue weighted by Gasteiger charge is 2.35. The molecule has 1 aliphatic heterocycles. The molecule has 4 aromatic rings. The van der Waals surface area contributed by atoms with Crippen LogP contribution in [0, 0.1) is 0 Å². The Morgan fingerprint density at radius 1 is 0.931 bits per heavy atom. The number of nitrogens with zero attached hydrogens (tertiary/aromatic N) is 3. The molecule has 5 rings (SSSR count). The highest BCUT2D eigenvalue weighted by atomic mass is 79.9. The van der Waals surface area contributed by atoms with Gasteiger partial charge in [-0.3, -0.25) is 4.79 Å². The van der Waals surface area contributed by atoms with Crippen LogP contribution in [0.3, 0.4) is 0 Å². The molecule has 1 saturated heterocycles. The number of benzene rings is 3. The van der Waals surface area contributed by atoms with Crippen molar-refractivity contribution >= 4 is 38.6 Å². The number of hydrogen-bond acceptors (Lipinski definition) is 2. The largest absolute Gasteiger partial charge is 0.323 e. The topological polar surface area (TPSA) is 38.1 Å². The van der Waals surface area contributed by atoms with Crippen molar-refractivity contribution in [1.82, 2.24) is 9.55 Å². The van der Waals surface area contributed by atoms with Crippen LogP contribution < -0.4 is 4.90 Å². The van der Waals surface area contributed by atoms with Gasteiger partial charge in [0.25, 0.3) is 0 Å². The molecule has 0 bridgehead atoms. The van der Waals surface area contributed by atoms with Crippen LogP contribution in [-0.4, -0.2) is 22.0 Å². The first-order valence-corrected chi connectivity index (χ1v) is 10.5. The highest BCUT2D eigenvalue weighted by molar-refractivity contribution is 9.10. The van der Waals surface area contributed by atoms with Crippen LogP contribution in [-0.2, 0) is 11.3 Å². The van der Waals surface area contributed by atoms with Crippen LogP contribution in [0.2, 0.25) is 0 Å². The minimum atomic E-state index is 0.0609. The summed E-state index contributed by atoms with van der Waals surface area (Å²) in [5, 5.41) is 0. The third-order valence-electron chi connectivity index (χ3n) is 5.50. The number of halogens is 1. The minimum Gasteiger partial charge on any atom is -0.323 e. The molecule has 0 saturated carbocycles. The molecule has 1 atom stereocenters. The van der Waals surface area contributed by atoms with E-state index in [9.17, 15) is 4.79 Å². The fraction of sp³-hybridized carbons (Fsp3) is 0.167. The minimum absolute atomic E-state index is 0.0609. The molecule has 0 radical (unpaired) electrons. The molecule has 0 spiro atoms. The van der Waals surface area contributed by atoms with Gasteiger partial charge in [-0.2, -0.15) is 0 Å². The first-order valence-electron chi connectivity index (χ1n) is 9.74. The predicted molar refractivity (Wildman–Crippen MR) is 119 cm³/mol. The van der Waals surface area contributed by atoms with Crippen molar-refractivity contribution < 1.29 is 4.79 Å². The third-order valence-corrected chi connectivity index (χ3v) is 6.17. The van der Waals surface area contributed by atoms with Gasteiger partial charge in [-0.1, -0.05) is 54.6 Å². The molecule has 2 heterocycles. The summed E-state index contributed by atoms with van der Waals surface area (Å²) >= 11 is 3.58. The van der Waals surface area contributed by atoms with Gasteiger partial charge in [0, 0.05) is 29.9 Å². The lowest BCUT2D eigenvalue weighted by Gasteiger charge is -2.18. The lowest BCUT2D eigenvalue weighted by atomic mass is 10.1. The van der Waals surface area contributed by atoms with Crippen LogP contribution in [0.4, 0.5) is 5.69 Å². The Kier molecular flexibility index (Phi) is 4.68. The third kappa shape index (κ3) is 3.36. The Hall–Kier alpha value is -2.92. The molecule has 1 aliphatic rings. The molecule has 4 nitrogen and oxygen atoms in total. The van der Waals surface area contributed by atoms with Crippen LogP contribution in [0.25, 0.3) is 11.0 Å². The molecule has 0 aliphatic carbocycles. The van der Waals surface area contributed by atoms with E-state index >= 15 is 0 Å². The summed E-state index contributed by atoms with van der Waals surface area (Å²) in [6.45, 7) is 1.38. The van der Waals surface area contributed by atoms with Gasteiger partial charge in [0.2, 0.25) is 5.91 Å². The second-order valence-corrected chi connectivity index (χ2v) is 8.24. The first-order chi connectivity index (χ1) is 14.2. The molecule has 29 heavy (non-hydrogen) atoms. The highest BCUT2D eigenvalue weighted by Crippen LogP contribution is 2.36. The van der Waals surface area contributed by atoms with Gasteiger partial charge < -0.3 is 9.47 Å². The maximum absolute atomic E-state index is 12.9. The number of fused-ring (bicyclic) bond motifs is 1. The Morgan fingerprint density at radius 2 is 1.66 bits per heavy atom. The van der Waals surface area contributed by atoms with E-state index in [1.165, 1.54) is 5.56 Å². The summed E-state index contributed by atoms with van der Waals surface area (Å²) in [6, 6.07) is 26.5. The summed E-state index contributed by atoms with van der Waals surface area (Å²) in [6.07, 6.45) is 0.472. The van der Waals surface area contributed by atoms with Crippen LogP contribution in [0.1, 0.15) is 23.7 Å². The number of imidazole rings is 1. The average Bonchev–Trinajstić information content (AvgIpc) is 3.30. The number of carbonyl (C=O) groups excluding carboxylic acids is 1. The molecule has 144 valence electrons. The molecular weight excluding hydrogens is 426 g/mol. The molecule has 1 aromatic heterocycles. The van der Waals surface area contributed by atoms with Gasteiger partial charge in [-0.05, 0) is 45.8 Å². The maximum atomic E-state index is 12.9. The Bertz CT molecular complexity index is 1190.